The second-order valence-electron chi connectivity index (χ2n) is 6.11. The van der Waals surface area contributed by atoms with Crippen LogP contribution in [0.2, 0.25) is 5.02 Å². The van der Waals surface area contributed by atoms with Gasteiger partial charge in [0.05, 0.1) is 18.8 Å². The molecule has 120 valence electrons. The van der Waals surface area contributed by atoms with E-state index in [1.807, 2.05) is 24.3 Å². The minimum atomic E-state index is -0.491. The van der Waals surface area contributed by atoms with Crippen molar-refractivity contribution in [1.82, 2.24) is 5.32 Å². The summed E-state index contributed by atoms with van der Waals surface area (Å²) in [4.78, 5) is 0. The fraction of sp³-hybridized carbons (Fsp3) is 0.647. The van der Waals surface area contributed by atoms with Crippen LogP contribution in [0.5, 0.6) is 0 Å². The van der Waals surface area contributed by atoms with Crippen LogP contribution in [0.25, 0.3) is 0 Å². The molecular weight excluding hydrogens is 286 g/mol. The quantitative estimate of drug-likeness (QED) is 0.728. The van der Waals surface area contributed by atoms with Gasteiger partial charge in [-0.15, -0.1) is 0 Å². The Hall–Kier alpha value is -0.610. The molecule has 0 saturated carbocycles. The summed E-state index contributed by atoms with van der Waals surface area (Å²) in [5.74, 6) is 0.611. The molecule has 0 radical (unpaired) electrons. The third-order valence-electron chi connectivity index (χ3n) is 3.41. The Labute approximate surface area is 133 Å². The standard InChI is InChI=1S/C17H28ClNO2/c1-12(2)9-13(3)21-11-17(20)10-19-14(4)15-5-7-16(18)8-6-15/h5-8,12-14,17,19-20H,9-11H2,1-4H3/t13?,14-,17?/m1/s1. The maximum Gasteiger partial charge on any atom is 0.0898 e. The van der Waals surface area contributed by atoms with E-state index in [1.54, 1.807) is 0 Å². The maximum absolute atomic E-state index is 9.96. The van der Waals surface area contributed by atoms with Crippen LogP contribution in [0.15, 0.2) is 24.3 Å². The van der Waals surface area contributed by atoms with Crippen molar-refractivity contribution in [3.05, 3.63) is 34.9 Å². The van der Waals surface area contributed by atoms with Gasteiger partial charge < -0.3 is 15.2 Å². The first-order valence-corrected chi connectivity index (χ1v) is 8.04. The molecule has 0 aliphatic rings. The normalized spacial score (nSPS) is 16.0. The largest absolute Gasteiger partial charge is 0.389 e. The molecule has 4 heteroatoms. The molecule has 1 rings (SSSR count). The van der Waals surface area contributed by atoms with Gasteiger partial charge >= 0.3 is 0 Å². The second kappa shape index (κ2) is 9.42. The van der Waals surface area contributed by atoms with Crippen molar-refractivity contribution >= 4 is 11.6 Å². The first-order valence-electron chi connectivity index (χ1n) is 7.67. The molecule has 1 aromatic rings. The van der Waals surface area contributed by atoms with E-state index in [4.69, 9.17) is 16.3 Å². The third kappa shape index (κ3) is 7.82. The molecule has 2 N–H and O–H groups in total. The summed E-state index contributed by atoms with van der Waals surface area (Å²) in [6, 6.07) is 7.91. The van der Waals surface area contributed by atoms with Gasteiger partial charge in [-0.1, -0.05) is 37.6 Å². The molecule has 0 fully saturated rings. The highest BCUT2D eigenvalue weighted by molar-refractivity contribution is 6.30. The summed E-state index contributed by atoms with van der Waals surface area (Å²) >= 11 is 5.87. The number of aliphatic hydroxyl groups excluding tert-OH is 1. The lowest BCUT2D eigenvalue weighted by Crippen LogP contribution is -2.33. The molecular formula is C17H28ClNO2. The van der Waals surface area contributed by atoms with Crippen molar-refractivity contribution in [2.75, 3.05) is 13.2 Å². The number of hydrogen-bond donors (Lipinski definition) is 2. The molecule has 0 aliphatic carbocycles. The first-order chi connectivity index (χ1) is 9.88. The molecule has 3 atom stereocenters. The molecule has 0 spiro atoms. The van der Waals surface area contributed by atoms with E-state index in [2.05, 4.69) is 33.0 Å². The van der Waals surface area contributed by atoms with Crippen LogP contribution in [0.4, 0.5) is 0 Å². The topological polar surface area (TPSA) is 41.5 Å². The number of benzene rings is 1. The number of nitrogens with one attached hydrogen (secondary N) is 1. The fourth-order valence-electron chi connectivity index (χ4n) is 2.25. The van der Waals surface area contributed by atoms with Gasteiger partial charge in [-0.2, -0.15) is 0 Å². The van der Waals surface area contributed by atoms with E-state index in [9.17, 15) is 5.11 Å². The van der Waals surface area contributed by atoms with E-state index < -0.39 is 6.10 Å². The predicted octanol–water partition coefficient (Wildman–Crippen LogP) is 3.80. The summed E-state index contributed by atoms with van der Waals surface area (Å²) in [7, 11) is 0. The zero-order chi connectivity index (χ0) is 15.8. The average Bonchev–Trinajstić information content (AvgIpc) is 2.42. The summed E-state index contributed by atoms with van der Waals surface area (Å²) in [6.45, 7) is 9.35. The molecule has 1 aromatic carbocycles. The smallest absolute Gasteiger partial charge is 0.0898 e. The minimum absolute atomic E-state index is 0.171. The molecule has 0 saturated heterocycles. The Bertz CT molecular complexity index is 394. The van der Waals surface area contributed by atoms with Crippen molar-refractivity contribution in [2.45, 2.75) is 52.4 Å². The van der Waals surface area contributed by atoms with E-state index in [1.165, 1.54) is 0 Å². The van der Waals surface area contributed by atoms with Gasteiger partial charge in [-0.25, -0.2) is 0 Å². The molecule has 0 aromatic heterocycles. The fourth-order valence-corrected chi connectivity index (χ4v) is 2.37. The summed E-state index contributed by atoms with van der Waals surface area (Å²) in [5, 5.41) is 14.0. The third-order valence-corrected chi connectivity index (χ3v) is 3.66. The molecule has 0 bridgehead atoms. The Morgan fingerprint density at radius 3 is 2.33 bits per heavy atom. The predicted molar refractivity (Wildman–Crippen MR) is 88.7 cm³/mol. The van der Waals surface area contributed by atoms with E-state index in [0.29, 0.717) is 19.1 Å². The highest BCUT2D eigenvalue weighted by Crippen LogP contribution is 2.16. The Morgan fingerprint density at radius 2 is 1.76 bits per heavy atom. The van der Waals surface area contributed by atoms with Gasteiger partial charge in [-0.3, -0.25) is 0 Å². The van der Waals surface area contributed by atoms with Crippen LogP contribution in [0.3, 0.4) is 0 Å². The Balaban J connectivity index is 2.26. The average molecular weight is 314 g/mol. The van der Waals surface area contributed by atoms with Crippen LogP contribution < -0.4 is 5.32 Å². The van der Waals surface area contributed by atoms with Gasteiger partial charge in [0.25, 0.3) is 0 Å². The summed E-state index contributed by atoms with van der Waals surface area (Å²) in [5.41, 5.74) is 1.15. The van der Waals surface area contributed by atoms with Crippen molar-refractivity contribution in [1.29, 1.82) is 0 Å². The Morgan fingerprint density at radius 1 is 1.14 bits per heavy atom. The van der Waals surface area contributed by atoms with Crippen LogP contribution in [0.1, 0.15) is 45.7 Å². The van der Waals surface area contributed by atoms with E-state index >= 15 is 0 Å². The van der Waals surface area contributed by atoms with Crippen molar-refractivity contribution in [2.24, 2.45) is 5.92 Å². The number of halogens is 1. The van der Waals surface area contributed by atoms with Crippen molar-refractivity contribution in [3.8, 4) is 0 Å². The van der Waals surface area contributed by atoms with E-state index in [0.717, 1.165) is 17.0 Å². The summed E-state index contributed by atoms with van der Waals surface area (Å²) < 4.78 is 5.66. The van der Waals surface area contributed by atoms with Crippen molar-refractivity contribution in [3.63, 3.8) is 0 Å². The first kappa shape index (κ1) is 18.4. The lowest BCUT2D eigenvalue weighted by atomic mass is 10.1. The molecule has 2 unspecified atom stereocenters. The number of ether oxygens (including phenoxy) is 1. The van der Waals surface area contributed by atoms with Gasteiger partial charge in [0.1, 0.15) is 0 Å². The van der Waals surface area contributed by atoms with Gasteiger partial charge in [0.15, 0.2) is 0 Å². The minimum Gasteiger partial charge on any atom is -0.389 e. The number of aliphatic hydroxyl groups is 1. The highest BCUT2D eigenvalue weighted by Gasteiger charge is 2.11. The molecule has 21 heavy (non-hydrogen) atoms. The van der Waals surface area contributed by atoms with Crippen LogP contribution in [-0.4, -0.2) is 30.5 Å². The number of hydrogen-bond acceptors (Lipinski definition) is 3. The summed E-state index contributed by atoms with van der Waals surface area (Å²) in [6.07, 6.45) is 0.712. The monoisotopic (exact) mass is 313 g/mol. The van der Waals surface area contributed by atoms with Crippen LogP contribution in [-0.2, 0) is 4.74 Å². The number of rotatable bonds is 9. The lowest BCUT2D eigenvalue weighted by molar-refractivity contribution is -0.00914. The van der Waals surface area contributed by atoms with E-state index in [-0.39, 0.29) is 12.1 Å². The highest BCUT2D eigenvalue weighted by atomic mass is 35.5. The van der Waals surface area contributed by atoms with Gasteiger partial charge in [-0.05, 0) is 43.9 Å². The van der Waals surface area contributed by atoms with Crippen LogP contribution in [0, 0.1) is 5.92 Å². The molecule has 0 heterocycles. The van der Waals surface area contributed by atoms with Crippen LogP contribution >= 0.6 is 11.6 Å². The SMILES string of the molecule is CC(C)CC(C)OCC(O)CN[C@H](C)c1ccc(Cl)cc1. The zero-order valence-corrected chi connectivity index (χ0v) is 14.2. The van der Waals surface area contributed by atoms with Crippen molar-refractivity contribution < 1.29 is 9.84 Å². The lowest BCUT2D eigenvalue weighted by Gasteiger charge is -2.20. The maximum atomic E-state index is 9.96. The molecule has 0 amide bonds. The second-order valence-corrected chi connectivity index (χ2v) is 6.55. The van der Waals surface area contributed by atoms with Gasteiger partial charge in [0, 0.05) is 17.6 Å². The molecule has 0 aliphatic heterocycles. The zero-order valence-electron chi connectivity index (χ0n) is 13.5. The van der Waals surface area contributed by atoms with Gasteiger partial charge in [0.2, 0.25) is 0 Å². The Kier molecular flexibility index (Phi) is 8.27. The molecule has 3 nitrogen and oxygen atoms in total.